The third kappa shape index (κ3) is 2.33. The van der Waals surface area contributed by atoms with Crippen molar-refractivity contribution in [2.45, 2.75) is 30.6 Å². The van der Waals surface area contributed by atoms with Crippen molar-refractivity contribution < 1.29 is 18.3 Å². The van der Waals surface area contributed by atoms with Crippen LogP contribution in [-0.2, 0) is 14.8 Å². The highest BCUT2D eigenvalue weighted by molar-refractivity contribution is 7.89. The van der Waals surface area contributed by atoms with Gasteiger partial charge in [0.1, 0.15) is 0 Å². The maximum atomic E-state index is 12.4. The van der Waals surface area contributed by atoms with Crippen LogP contribution in [0.2, 0.25) is 0 Å². The highest BCUT2D eigenvalue weighted by atomic mass is 32.2. The molecular weight excluding hydrogens is 310 g/mol. The number of aliphatic carboxylic acids is 1. The summed E-state index contributed by atoms with van der Waals surface area (Å²) in [6, 6.07) is 1.60. The average Bonchev–Trinajstić information content (AvgIpc) is 2.92. The number of thiophene rings is 1. The van der Waals surface area contributed by atoms with Crippen molar-refractivity contribution in [2.75, 3.05) is 13.1 Å². The van der Waals surface area contributed by atoms with Gasteiger partial charge in [0.05, 0.1) is 10.3 Å². The number of rotatable bonds is 4. The van der Waals surface area contributed by atoms with Gasteiger partial charge in [0, 0.05) is 18.5 Å². The lowest BCUT2D eigenvalue weighted by atomic mass is 9.63. The van der Waals surface area contributed by atoms with Gasteiger partial charge in [-0.2, -0.15) is 15.6 Å². The first kappa shape index (κ1) is 14.7. The topological polar surface area (TPSA) is 74.7 Å². The van der Waals surface area contributed by atoms with Crippen LogP contribution in [-0.4, -0.2) is 36.9 Å². The molecule has 21 heavy (non-hydrogen) atoms. The van der Waals surface area contributed by atoms with E-state index in [4.69, 9.17) is 0 Å². The third-order valence-corrected chi connectivity index (χ3v) is 7.23. The molecule has 0 aromatic carbocycles. The van der Waals surface area contributed by atoms with Crippen LogP contribution in [0.5, 0.6) is 0 Å². The van der Waals surface area contributed by atoms with E-state index in [2.05, 4.69) is 0 Å². The molecule has 1 aliphatic heterocycles. The van der Waals surface area contributed by atoms with Crippen molar-refractivity contribution in [3.63, 3.8) is 0 Å². The Hall–Kier alpha value is -1.18. The standard InChI is InChI=1S/C14H17NO4S2/c16-13(17)14(5-1-6-14)11-2-7-15(8-3-11)21(18,19)12-4-9-20-10-12/h2,4,9-10H,1,3,5-8H2,(H,16,17). The molecule has 0 radical (unpaired) electrons. The summed E-state index contributed by atoms with van der Waals surface area (Å²) in [5.41, 5.74) is 0.177. The molecule has 1 aromatic rings. The van der Waals surface area contributed by atoms with Gasteiger partial charge in [-0.1, -0.05) is 18.1 Å². The first-order chi connectivity index (χ1) is 9.97. The van der Waals surface area contributed by atoms with E-state index in [1.807, 2.05) is 0 Å². The summed E-state index contributed by atoms with van der Waals surface area (Å²) in [5.74, 6) is -0.769. The molecule has 2 aliphatic rings. The van der Waals surface area contributed by atoms with Gasteiger partial charge < -0.3 is 5.11 Å². The van der Waals surface area contributed by atoms with Gasteiger partial charge in [-0.05, 0) is 30.7 Å². The highest BCUT2D eigenvalue weighted by Crippen LogP contribution is 2.49. The third-order valence-electron chi connectivity index (χ3n) is 4.54. The Balaban J connectivity index is 1.80. The minimum Gasteiger partial charge on any atom is -0.481 e. The van der Waals surface area contributed by atoms with E-state index >= 15 is 0 Å². The monoisotopic (exact) mass is 327 g/mol. The van der Waals surface area contributed by atoms with Crippen molar-refractivity contribution in [1.29, 1.82) is 0 Å². The SMILES string of the molecule is O=C(O)C1(C2=CCN(S(=O)(=O)c3ccsc3)CC2)CCC1. The Morgan fingerprint density at radius 2 is 2.14 bits per heavy atom. The number of hydrogen-bond donors (Lipinski definition) is 1. The summed E-state index contributed by atoms with van der Waals surface area (Å²) in [4.78, 5) is 11.8. The summed E-state index contributed by atoms with van der Waals surface area (Å²) in [6.07, 6.45) is 4.59. The predicted molar refractivity (Wildman–Crippen MR) is 79.7 cm³/mol. The van der Waals surface area contributed by atoms with E-state index < -0.39 is 21.4 Å². The van der Waals surface area contributed by atoms with E-state index in [1.165, 1.54) is 15.6 Å². The quantitative estimate of drug-likeness (QED) is 0.861. The second-order valence-electron chi connectivity index (χ2n) is 5.54. The fourth-order valence-electron chi connectivity index (χ4n) is 3.05. The Morgan fingerprint density at radius 1 is 1.38 bits per heavy atom. The predicted octanol–water partition coefficient (Wildman–Crippen LogP) is 2.32. The minimum atomic E-state index is -3.44. The van der Waals surface area contributed by atoms with Gasteiger partial charge in [0.15, 0.2) is 0 Å². The molecule has 114 valence electrons. The lowest BCUT2D eigenvalue weighted by molar-refractivity contribution is -0.151. The first-order valence-electron chi connectivity index (χ1n) is 6.92. The molecule has 0 unspecified atom stereocenters. The number of nitrogens with zero attached hydrogens (tertiary/aromatic N) is 1. The van der Waals surface area contributed by atoms with Crippen LogP contribution in [0.25, 0.3) is 0 Å². The fourth-order valence-corrected chi connectivity index (χ4v) is 5.45. The van der Waals surface area contributed by atoms with Crippen LogP contribution in [0.1, 0.15) is 25.7 Å². The lowest BCUT2D eigenvalue weighted by Gasteiger charge is -2.42. The molecule has 0 saturated heterocycles. The number of carbonyl (C=O) groups is 1. The molecule has 0 amide bonds. The molecule has 2 heterocycles. The van der Waals surface area contributed by atoms with Crippen LogP contribution in [0.4, 0.5) is 0 Å². The normalized spacial score (nSPS) is 22.4. The van der Waals surface area contributed by atoms with Gasteiger partial charge >= 0.3 is 5.97 Å². The smallest absolute Gasteiger partial charge is 0.313 e. The molecule has 1 saturated carbocycles. The zero-order chi connectivity index (χ0) is 15.1. The summed E-state index contributed by atoms with van der Waals surface area (Å²) >= 11 is 1.35. The van der Waals surface area contributed by atoms with Crippen LogP contribution < -0.4 is 0 Å². The maximum absolute atomic E-state index is 12.4. The van der Waals surface area contributed by atoms with Gasteiger partial charge in [-0.15, -0.1) is 0 Å². The Labute approximate surface area is 127 Å². The average molecular weight is 327 g/mol. The van der Waals surface area contributed by atoms with E-state index in [-0.39, 0.29) is 6.54 Å². The zero-order valence-corrected chi connectivity index (χ0v) is 13.1. The van der Waals surface area contributed by atoms with Crippen LogP contribution >= 0.6 is 11.3 Å². The maximum Gasteiger partial charge on any atom is 0.313 e. The van der Waals surface area contributed by atoms with Crippen molar-refractivity contribution in [3.8, 4) is 0 Å². The first-order valence-corrected chi connectivity index (χ1v) is 9.30. The Kier molecular flexibility index (Phi) is 3.67. The van der Waals surface area contributed by atoms with Gasteiger partial charge in [0.25, 0.3) is 0 Å². The minimum absolute atomic E-state index is 0.266. The number of carboxylic acids is 1. The van der Waals surface area contributed by atoms with Crippen molar-refractivity contribution in [1.82, 2.24) is 4.31 Å². The second kappa shape index (κ2) is 5.23. The number of hydrogen-bond acceptors (Lipinski definition) is 4. The summed E-state index contributed by atoms with van der Waals surface area (Å²) in [6.45, 7) is 0.627. The molecule has 0 spiro atoms. The summed E-state index contributed by atoms with van der Waals surface area (Å²) < 4.78 is 26.2. The van der Waals surface area contributed by atoms with Crippen molar-refractivity contribution >= 4 is 27.3 Å². The van der Waals surface area contributed by atoms with E-state index in [0.717, 1.165) is 12.0 Å². The lowest BCUT2D eigenvalue weighted by Crippen LogP contribution is -2.44. The molecule has 5 nitrogen and oxygen atoms in total. The molecule has 3 rings (SSSR count). The number of sulfonamides is 1. The molecule has 1 fully saturated rings. The van der Waals surface area contributed by atoms with E-state index in [1.54, 1.807) is 22.9 Å². The van der Waals surface area contributed by atoms with Crippen molar-refractivity contribution in [2.24, 2.45) is 5.41 Å². The van der Waals surface area contributed by atoms with Crippen LogP contribution in [0, 0.1) is 5.41 Å². The van der Waals surface area contributed by atoms with Crippen LogP contribution in [0.3, 0.4) is 0 Å². The number of carboxylic acid groups (broad SMARTS) is 1. The van der Waals surface area contributed by atoms with Crippen LogP contribution in [0.15, 0.2) is 33.4 Å². The molecule has 1 aromatic heterocycles. The zero-order valence-electron chi connectivity index (χ0n) is 11.5. The van der Waals surface area contributed by atoms with Crippen molar-refractivity contribution in [3.05, 3.63) is 28.5 Å². The van der Waals surface area contributed by atoms with E-state index in [0.29, 0.717) is 30.7 Å². The van der Waals surface area contributed by atoms with E-state index in [9.17, 15) is 18.3 Å². The van der Waals surface area contributed by atoms with Gasteiger partial charge in [0.2, 0.25) is 10.0 Å². The highest BCUT2D eigenvalue weighted by Gasteiger charge is 2.48. The summed E-state index contributed by atoms with van der Waals surface area (Å²) in [5, 5.41) is 12.8. The second-order valence-corrected chi connectivity index (χ2v) is 8.26. The molecule has 0 atom stereocenters. The molecule has 1 aliphatic carbocycles. The van der Waals surface area contributed by atoms with Gasteiger partial charge in [-0.3, -0.25) is 4.79 Å². The summed E-state index contributed by atoms with van der Waals surface area (Å²) in [7, 11) is -3.44. The fraction of sp³-hybridized carbons (Fsp3) is 0.500. The Bertz CT molecular complexity index is 672. The molecular formula is C14H17NO4S2. The van der Waals surface area contributed by atoms with Gasteiger partial charge in [-0.25, -0.2) is 8.42 Å². The Morgan fingerprint density at radius 3 is 2.57 bits per heavy atom. The molecule has 0 bridgehead atoms. The molecule has 7 heteroatoms. The largest absolute Gasteiger partial charge is 0.481 e. The molecule has 1 N–H and O–H groups in total.